The van der Waals surface area contributed by atoms with Crippen LogP contribution in [0.4, 0.5) is 21.6 Å². The van der Waals surface area contributed by atoms with Crippen molar-refractivity contribution in [2.24, 2.45) is 0 Å². The zero-order chi connectivity index (χ0) is 23.5. The summed E-state index contributed by atoms with van der Waals surface area (Å²) in [6, 6.07) is 12.2. The number of amides is 1. The van der Waals surface area contributed by atoms with E-state index in [1.165, 1.54) is 39.4 Å². The minimum absolute atomic E-state index is 0.0539. The average molecular weight is 496 g/mol. The van der Waals surface area contributed by atoms with E-state index in [4.69, 9.17) is 4.98 Å². The van der Waals surface area contributed by atoms with E-state index < -0.39 is 0 Å². The monoisotopic (exact) mass is 495 g/mol. The van der Waals surface area contributed by atoms with Crippen LogP contribution in [-0.4, -0.2) is 21.1 Å². The molecule has 2 heterocycles. The van der Waals surface area contributed by atoms with Crippen LogP contribution in [0.5, 0.6) is 0 Å². The summed E-state index contributed by atoms with van der Waals surface area (Å²) in [4.78, 5) is 18.8. The molecule has 4 rings (SSSR count). The molecule has 0 saturated heterocycles. The van der Waals surface area contributed by atoms with Gasteiger partial charge in [0.2, 0.25) is 11.0 Å². The number of thiazole rings is 1. The molecule has 0 radical (unpaired) electrons. The lowest BCUT2D eigenvalue weighted by atomic mass is 10.1. The van der Waals surface area contributed by atoms with Gasteiger partial charge in [-0.3, -0.25) is 9.69 Å². The largest absolute Gasteiger partial charge is 0.330 e. The molecule has 0 aliphatic carbocycles. The molecule has 33 heavy (non-hydrogen) atoms. The molecule has 0 unspecified atom stereocenters. The highest BCUT2D eigenvalue weighted by molar-refractivity contribution is 8.00. The Balaban J connectivity index is 1.44. The van der Waals surface area contributed by atoms with E-state index in [9.17, 15) is 4.79 Å². The molecule has 4 aromatic rings. The molecule has 2 aromatic heterocycles. The molecule has 9 heteroatoms. The van der Waals surface area contributed by atoms with Crippen LogP contribution in [-0.2, 0) is 10.5 Å². The van der Waals surface area contributed by atoms with Gasteiger partial charge in [-0.15, -0.1) is 21.5 Å². The minimum Gasteiger partial charge on any atom is -0.330 e. The zero-order valence-electron chi connectivity index (χ0n) is 19.2. The van der Waals surface area contributed by atoms with E-state index in [2.05, 4.69) is 41.5 Å². The number of rotatable bonds is 7. The van der Waals surface area contributed by atoms with Crippen LogP contribution < -0.4 is 10.2 Å². The van der Waals surface area contributed by atoms with Crippen molar-refractivity contribution in [2.75, 3.05) is 10.2 Å². The van der Waals surface area contributed by atoms with E-state index >= 15 is 0 Å². The summed E-state index contributed by atoms with van der Waals surface area (Å²) in [5, 5.41) is 15.4. The normalized spacial score (nSPS) is 10.9. The van der Waals surface area contributed by atoms with Crippen LogP contribution in [0.3, 0.4) is 0 Å². The Bertz CT molecular complexity index is 1300. The van der Waals surface area contributed by atoms with Crippen molar-refractivity contribution < 1.29 is 4.79 Å². The number of anilines is 4. The Kier molecular flexibility index (Phi) is 7.11. The number of nitrogens with one attached hydrogen (secondary N) is 1. The molecule has 0 aliphatic heterocycles. The van der Waals surface area contributed by atoms with Crippen LogP contribution >= 0.6 is 34.4 Å². The summed E-state index contributed by atoms with van der Waals surface area (Å²) in [5.74, 6) is 0.606. The van der Waals surface area contributed by atoms with Gasteiger partial charge in [-0.25, -0.2) is 4.98 Å². The van der Waals surface area contributed by atoms with Gasteiger partial charge in [-0.2, -0.15) is 0 Å². The van der Waals surface area contributed by atoms with E-state index in [1.54, 1.807) is 23.6 Å². The fraction of sp³-hybridized carbons (Fsp3) is 0.250. The second kappa shape index (κ2) is 10.0. The van der Waals surface area contributed by atoms with Crippen molar-refractivity contribution in [3.05, 3.63) is 69.7 Å². The number of benzene rings is 2. The second-order valence-electron chi connectivity index (χ2n) is 7.80. The Morgan fingerprint density at radius 1 is 1.09 bits per heavy atom. The lowest BCUT2D eigenvalue weighted by Crippen LogP contribution is -2.23. The maximum absolute atomic E-state index is 12.4. The number of hydrogen-bond acceptors (Lipinski definition) is 8. The Morgan fingerprint density at radius 3 is 2.67 bits per heavy atom. The van der Waals surface area contributed by atoms with Crippen LogP contribution in [0.1, 0.15) is 34.9 Å². The fourth-order valence-corrected chi connectivity index (χ4v) is 6.03. The standard InChI is InChI=1S/C24H25N5OS3/c1-14-9-10-21(16(3)11-14)29(18(5)30)23-25-19(12-31-23)13-32-24-28-27-22(33-24)26-20-8-6-7-15(2)17(20)4/h6-12H,13H2,1-5H3,(H,26,27). The number of carbonyl (C=O) groups excluding carboxylic acids is 1. The third kappa shape index (κ3) is 5.43. The highest BCUT2D eigenvalue weighted by atomic mass is 32.2. The minimum atomic E-state index is -0.0539. The van der Waals surface area contributed by atoms with Crippen molar-refractivity contribution in [3.63, 3.8) is 0 Å². The van der Waals surface area contributed by atoms with Gasteiger partial charge in [0.05, 0.1) is 11.4 Å². The number of aryl methyl sites for hydroxylation is 3. The number of carbonyl (C=O) groups is 1. The highest BCUT2D eigenvalue weighted by Crippen LogP contribution is 2.35. The van der Waals surface area contributed by atoms with Gasteiger partial charge in [0.1, 0.15) is 0 Å². The zero-order valence-corrected chi connectivity index (χ0v) is 21.6. The van der Waals surface area contributed by atoms with Crippen molar-refractivity contribution in [1.29, 1.82) is 0 Å². The van der Waals surface area contributed by atoms with Crippen molar-refractivity contribution in [2.45, 2.75) is 44.7 Å². The first-order valence-corrected chi connectivity index (χ1v) is 13.1. The molecule has 1 amide bonds. The fourth-order valence-electron chi connectivity index (χ4n) is 3.38. The predicted molar refractivity (Wildman–Crippen MR) is 140 cm³/mol. The Hall–Kier alpha value is -2.75. The van der Waals surface area contributed by atoms with Gasteiger partial charge in [-0.05, 0) is 56.5 Å². The summed E-state index contributed by atoms with van der Waals surface area (Å²) in [6.45, 7) is 9.82. The molecule has 0 atom stereocenters. The van der Waals surface area contributed by atoms with E-state index in [1.807, 2.05) is 43.5 Å². The number of aromatic nitrogens is 3. The maximum atomic E-state index is 12.4. The predicted octanol–water partition coefficient (Wildman–Crippen LogP) is 6.95. The molecule has 0 saturated carbocycles. The van der Waals surface area contributed by atoms with Crippen molar-refractivity contribution in [1.82, 2.24) is 15.2 Å². The molecule has 6 nitrogen and oxygen atoms in total. The topological polar surface area (TPSA) is 71.0 Å². The molecule has 2 aromatic carbocycles. The van der Waals surface area contributed by atoms with Crippen LogP contribution in [0.2, 0.25) is 0 Å². The van der Waals surface area contributed by atoms with Crippen molar-refractivity contribution >= 4 is 62.0 Å². The molecule has 0 spiro atoms. The maximum Gasteiger partial charge on any atom is 0.230 e. The lowest BCUT2D eigenvalue weighted by molar-refractivity contribution is -0.115. The summed E-state index contributed by atoms with van der Waals surface area (Å²) in [5.41, 5.74) is 7.48. The van der Waals surface area contributed by atoms with Crippen LogP contribution in [0.15, 0.2) is 46.1 Å². The summed E-state index contributed by atoms with van der Waals surface area (Å²) in [6.07, 6.45) is 0. The first kappa shape index (κ1) is 23.4. The summed E-state index contributed by atoms with van der Waals surface area (Å²) < 4.78 is 0.871. The second-order valence-corrected chi connectivity index (χ2v) is 10.8. The quantitative estimate of drug-likeness (QED) is 0.280. The number of nitrogens with zero attached hydrogens (tertiary/aromatic N) is 4. The average Bonchev–Trinajstić information content (AvgIpc) is 3.41. The highest BCUT2D eigenvalue weighted by Gasteiger charge is 2.20. The smallest absolute Gasteiger partial charge is 0.230 e. The van der Waals surface area contributed by atoms with E-state index in [0.29, 0.717) is 10.9 Å². The molecule has 0 fully saturated rings. The molecular formula is C24H25N5OS3. The third-order valence-corrected chi connectivity index (χ3v) is 8.12. The SMILES string of the molecule is CC(=O)N(c1nc(CSc2nnc(Nc3cccc(C)c3C)s2)cs1)c1ccc(C)cc1C. The molecule has 0 bridgehead atoms. The van der Waals surface area contributed by atoms with E-state index in [0.717, 1.165) is 32.1 Å². The summed E-state index contributed by atoms with van der Waals surface area (Å²) >= 11 is 4.59. The van der Waals surface area contributed by atoms with Gasteiger partial charge in [0, 0.05) is 23.7 Å². The van der Waals surface area contributed by atoms with Gasteiger partial charge >= 0.3 is 0 Å². The van der Waals surface area contributed by atoms with Gasteiger partial charge in [0.15, 0.2) is 9.47 Å². The Morgan fingerprint density at radius 2 is 1.91 bits per heavy atom. The molecular weight excluding hydrogens is 470 g/mol. The number of hydrogen-bond donors (Lipinski definition) is 1. The van der Waals surface area contributed by atoms with Gasteiger partial charge in [0.25, 0.3) is 0 Å². The molecule has 170 valence electrons. The Labute approximate surface area is 206 Å². The third-order valence-electron chi connectivity index (χ3n) is 5.24. The molecule has 0 aliphatic rings. The first-order valence-electron chi connectivity index (χ1n) is 10.4. The summed E-state index contributed by atoms with van der Waals surface area (Å²) in [7, 11) is 0. The number of thioether (sulfide) groups is 1. The lowest BCUT2D eigenvalue weighted by Gasteiger charge is -2.20. The van der Waals surface area contributed by atoms with Crippen LogP contribution in [0, 0.1) is 27.7 Å². The van der Waals surface area contributed by atoms with Crippen molar-refractivity contribution in [3.8, 4) is 0 Å². The van der Waals surface area contributed by atoms with Gasteiger partial charge < -0.3 is 5.32 Å². The van der Waals surface area contributed by atoms with E-state index in [-0.39, 0.29) is 5.91 Å². The first-order chi connectivity index (χ1) is 15.8. The van der Waals surface area contributed by atoms with Gasteiger partial charge in [-0.1, -0.05) is 52.9 Å². The van der Waals surface area contributed by atoms with Crippen LogP contribution in [0.25, 0.3) is 0 Å². The molecule has 1 N–H and O–H groups in total.